The molecule has 0 aromatic heterocycles. The van der Waals surface area contributed by atoms with Gasteiger partial charge in [-0.1, -0.05) is 6.92 Å². The van der Waals surface area contributed by atoms with E-state index in [0.29, 0.717) is 11.3 Å². The molecule has 0 aliphatic carbocycles. The van der Waals surface area contributed by atoms with Crippen LogP contribution in [-0.2, 0) is 0 Å². The number of piperidine rings is 1. The molecule has 2 rings (SSSR count). The van der Waals surface area contributed by atoms with Gasteiger partial charge in [0.25, 0.3) is 0 Å². The second-order valence-electron chi connectivity index (χ2n) is 5.46. The quantitative estimate of drug-likeness (QED) is 0.837. The summed E-state index contributed by atoms with van der Waals surface area (Å²) < 4.78 is 0. The van der Waals surface area contributed by atoms with Crippen LogP contribution in [0, 0.1) is 0 Å². The average molecular weight is 289 g/mol. The maximum atomic E-state index is 12.0. The van der Waals surface area contributed by atoms with E-state index in [9.17, 15) is 9.59 Å². The molecule has 1 fully saturated rings. The molecular weight excluding hydrogens is 266 g/mol. The largest absolute Gasteiger partial charge is 0.334 e. The molecule has 0 saturated carbocycles. The van der Waals surface area contributed by atoms with Gasteiger partial charge in [0.1, 0.15) is 0 Å². The molecule has 1 aromatic carbocycles. The lowest BCUT2D eigenvalue weighted by Crippen LogP contribution is -2.48. The predicted molar refractivity (Wildman–Crippen MR) is 83.7 cm³/mol. The third-order valence-electron chi connectivity index (χ3n) is 3.84. The second-order valence-corrected chi connectivity index (χ2v) is 5.46. The van der Waals surface area contributed by atoms with Gasteiger partial charge in [0.15, 0.2) is 5.78 Å². The van der Waals surface area contributed by atoms with Gasteiger partial charge in [0.05, 0.1) is 0 Å². The van der Waals surface area contributed by atoms with Crippen LogP contribution < -0.4 is 10.6 Å². The Labute approximate surface area is 125 Å². The number of urea groups is 1. The van der Waals surface area contributed by atoms with Crippen molar-refractivity contribution in [3.63, 3.8) is 0 Å². The van der Waals surface area contributed by atoms with Crippen molar-refractivity contribution in [1.29, 1.82) is 0 Å². The van der Waals surface area contributed by atoms with Gasteiger partial charge >= 0.3 is 6.03 Å². The second kappa shape index (κ2) is 7.22. The van der Waals surface area contributed by atoms with Gasteiger partial charge < -0.3 is 15.5 Å². The molecule has 2 amide bonds. The third kappa shape index (κ3) is 4.56. The number of likely N-dealkylation sites (tertiary alicyclic amines) is 1. The zero-order valence-corrected chi connectivity index (χ0v) is 12.7. The van der Waals surface area contributed by atoms with Crippen molar-refractivity contribution in [3.8, 4) is 0 Å². The molecule has 1 aliphatic heterocycles. The molecule has 0 radical (unpaired) electrons. The Morgan fingerprint density at radius 3 is 2.62 bits per heavy atom. The Balaban J connectivity index is 1.85. The number of ketones is 1. The molecule has 2 N–H and O–H groups in total. The summed E-state index contributed by atoms with van der Waals surface area (Å²) in [5.41, 5.74) is 1.34. The van der Waals surface area contributed by atoms with Crippen LogP contribution in [0.1, 0.15) is 37.0 Å². The molecule has 0 bridgehead atoms. The number of benzene rings is 1. The lowest BCUT2D eigenvalue weighted by Gasteiger charge is -2.32. The average Bonchev–Trinajstić information content (AvgIpc) is 2.47. The first-order valence-corrected chi connectivity index (χ1v) is 7.49. The number of nitrogens with one attached hydrogen (secondary N) is 2. The van der Waals surface area contributed by atoms with Crippen LogP contribution in [0.5, 0.6) is 0 Å². The Bertz CT molecular complexity index is 499. The third-order valence-corrected chi connectivity index (χ3v) is 3.84. The highest BCUT2D eigenvalue weighted by Gasteiger charge is 2.20. The van der Waals surface area contributed by atoms with Crippen LogP contribution >= 0.6 is 0 Å². The lowest BCUT2D eigenvalue weighted by molar-refractivity contribution is 0.101. The predicted octanol–water partition coefficient (Wildman–Crippen LogP) is 2.50. The van der Waals surface area contributed by atoms with Crippen LogP contribution in [-0.4, -0.2) is 42.4 Å². The number of anilines is 1. The zero-order chi connectivity index (χ0) is 15.2. The number of carbonyl (C=O) groups excluding carboxylic acids is 2. The molecule has 1 aliphatic rings. The number of carbonyl (C=O) groups is 2. The number of Topliss-reactive ketones (excluding diaryl/α,β-unsaturated/α-hetero) is 1. The van der Waals surface area contributed by atoms with E-state index in [4.69, 9.17) is 0 Å². The van der Waals surface area contributed by atoms with Gasteiger partial charge in [-0.25, -0.2) is 4.79 Å². The number of nitrogens with zero attached hydrogens (tertiary/aromatic N) is 1. The highest BCUT2D eigenvalue weighted by atomic mass is 16.2. The minimum Gasteiger partial charge on any atom is -0.334 e. The van der Waals surface area contributed by atoms with Crippen molar-refractivity contribution in [3.05, 3.63) is 29.8 Å². The summed E-state index contributed by atoms with van der Waals surface area (Å²) in [4.78, 5) is 25.5. The first-order chi connectivity index (χ1) is 10.1. The Kier molecular flexibility index (Phi) is 5.33. The van der Waals surface area contributed by atoms with E-state index in [2.05, 4.69) is 22.5 Å². The van der Waals surface area contributed by atoms with Crippen LogP contribution in [0.3, 0.4) is 0 Å². The van der Waals surface area contributed by atoms with Crippen molar-refractivity contribution in [2.45, 2.75) is 32.7 Å². The molecule has 5 heteroatoms. The number of hydrogen-bond donors (Lipinski definition) is 2. The molecule has 1 atom stereocenters. The van der Waals surface area contributed by atoms with Gasteiger partial charge in [-0.05, 0) is 57.1 Å². The number of rotatable bonds is 4. The first-order valence-electron chi connectivity index (χ1n) is 7.49. The number of amides is 2. The molecule has 21 heavy (non-hydrogen) atoms. The highest BCUT2D eigenvalue weighted by Crippen LogP contribution is 2.12. The van der Waals surface area contributed by atoms with Crippen molar-refractivity contribution in [1.82, 2.24) is 10.2 Å². The van der Waals surface area contributed by atoms with E-state index in [0.717, 1.165) is 32.5 Å². The number of likely N-dealkylation sites (N-methyl/N-ethyl adjacent to an activating group) is 1. The fraction of sp³-hybridized carbons (Fsp3) is 0.500. The molecule has 1 aromatic rings. The van der Waals surface area contributed by atoms with E-state index < -0.39 is 0 Å². The standard InChI is InChI=1S/C16H23N3O2/c1-3-19-10-4-5-15(11-19)18-16(21)17-14-8-6-13(7-9-14)12(2)20/h6-9,15H,3-5,10-11H2,1-2H3,(H2,17,18,21). The van der Waals surface area contributed by atoms with Gasteiger partial charge in [-0.3, -0.25) is 4.79 Å². The smallest absolute Gasteiger partial charge is 0.319 e. The minimum atomic E-state index is -0.187. The maximum absolute atomic E-state index is 12.0. The monoisotopic (exact) mass is 289 g/mol. The molecular formula is C16H23N3O2. The van der Waals surface area contributed by atoms with Crippen LogP contribution in [0.4, 0.5) is 10.5 Å². The van der Waals surface area contributed by atoms with Crippen LogP contribution in [0.25, 0.3) is 0 Å². The van der Waals surface area contributed by atoms with Gasteiger partial charge in [0.2, 0.25) is 0 Å². The fourth-order valence-electron chi connectivity index (χ4n) is 2.60. The molecule has 0 spiro atoms. The fourth-order valence-corrected chi connectivity index (χ4v) is 2.60. The molecule has 5 nitrogen and oxygen atoms in total. The van der Waals surface area contributed by atoms with E-state index >= 15 is 0 Å². The first kappa shape index (κ1) is 15.5. The van der Waals surface area contributed by atoms with E-state index in [-0.39, 0.29) is 17.9 Å². The molecule has 1 saturated heterocycles. The minimum absolute atomic E-state index is 0.0212. The summed E-state index contributed by atoms with van der Waals surface area (Å²) in [5, 5.41) is 5.82. The SMILES string of the molecule is CCN1CCCC(NC(=O)Nc2ccc(C(C)=O)cc2)C1. The van der Waals surface area contributed by atoms with Crippen molar-refractivity contribution in [2.75, 3.05) is 25.0 Å². The van der Waals surface area contributed by atoms with Gasteiger partial charge in [0, 0.05) is 23.8 Å². The van der Waals surface area contributed by atoms with E-state index in [1.165, 1.54) is 6.92 Å². The Morgan fingerprint density at radius 1 is 1.29 bits per heavy atom. The summed E-state index contributed by atoms with van der Waals surface area (Å²) in [6, 6.07) is 6.95. The summed E-state index contributed by atoms with van der Waals surface area (Å²) >= 11 is 0. The highest BCUT2D eigenvalue weighted by molar-refractivity contribution is 5.95. The summed E-state index contributed by atoms with van der Waals surface area (Å²) in [5.74, 6) is 0.0212. The Morgan fingerprint density at radius 2 is 2.00 bits per heavy atom. The Hall–Kier alpha value is -1.88. The number of hydrogen-bond acceptors (Lipinski definition) is 3. The van der Waals surface area contributed by atoms with Crippen molar-refractivity contribution >= 4 is 17.5 Å². The van der Waals surface area contributed by atoms with Gasteiger partial charge in [-0.15, -0.1) is 0 Å². The normalized spacial score (nSPS) is 19.0. The van der Waals surface area contributed by atoms with Gasteiger partial charge in [-0.2, -0.15) is 0 Å². The lowest BCUT2D eigenvalue weighted by atomic mass is 10.1. The topological polar surface area (TPSA) is 61.4 Å². The zero-order valence-electron chi connectivity index (χ0n) is 12.7. The van der Waals surface area contributed by atoms with Crippen molar-refractivity contribution in [2.24, 2.45) is 0 Å². The molecule has 1 heterocycles. The van der Waals surface area contributed by atoms with E-state index in [1.54, 1.807) is 24.3 Å². The van der Waals surface area contributed by atoms with E-state index in [1.807, 2.05) is 0 Å². The summed E-state index contributed by atoms with van der Waals surface area (Å²) in [7, 11) is 0. The maximum Gasteiger partial charge on any atom is 0.319 e. The molecule has 114 valence electrons. The molecule has 1 unspecified atom stereocenters. The summed E-state index contributed by atoms with van der Waals surface area (Å²) in [6.07, 6.45) is 2.14. The van der Waals surface area contributed by atoms with Crippen LogP contribution in [0.15, 0.2) is 24.3 Å². The van der Waals surface area contributed by atoms with Crippen LogP contribution in [0.2, 0.25) is 0 Å². The van der Waals surface area contributed by atoms with Crippen molar-refractivity contribution < 1.29 is 9.59 Å². The summed E-state index contributed by atoms with van der Waals surface area (Å²) in [6.45, 7) is 6.71.